The predicted molar refractivity (Wildman–Crippen MR) is 307 cm³/mol. The third-order valence-electron chi connectivity index (χ3n) is 15.5. The summed E-state index contributed by atoms with van der Waals surface area (Å²) >= 11 is 1.51. The first-order valence-corrected chi connectivity index (χ1v) is 29.3. The van der Waals surface area contributed by atoms with Crippen molar-refractivity contribution in [3.63, 3.8) is 0 Å². The molecule has 82 heavy (non-hydrogen) atoms. The number of halogens is 1. The second kappa shape index (κ2) is 26.6. The van der Waals surface area contributed by atoms with E-state index in [1.807, 2.05) is 49.4 Å². The van der Waals surface area contributed by atoms with E-state index in [4.69, 9.17) is 4.52 Å². The summed E-state index contributed by atoms with van der Waals surface area (Å²) in [7, 11) is 3.18. The fraction of sp³-hybridized carbons (Fsp3) is 0.492. The molecule has 1 saturated heterocycles. The van der Waals surface area contributed by atoms with E-state index in [1.54, 1.807) is 46.4 Å². The maximum Gasteiger partial charge on any atom is 0.273 e. The highest BCUT2D eigenvalue weighted by Crippen LogP contribution is 2.41. The standard InChI is InChI=1S/C61H76FN9O10S/c1-36-52(82-35-65-36)39-18-16-38(17-19-39)46(67-56(77)48-31-42(72)34-71(48)58(79)53(60(2,3)4)68-59(80)61(62)25-26-61)33-51(74)63-27-13-11-9-7-8-10-12-14-28-64-54(75)41-20-15-37-22-24-45(44(37)29-41)66-55(76)47-32-50(81-69-47)40-21-23-43(49(73)30-40)57(78)70(5)6/h15-21,23,29-30,32,35,42,45-46,48,53,72-73H,7-14,22,24-28,31,33-34H2,1-6H3,(H,63,74)(H,64,75)(H,66,76)(H,67,77)(H,68,80)/t42-,45-,46?,48+,53?/m1/s1. The maximum absolute atomic E-state index is 14.8. The van der Waals surface area contributed by atoms with Crippen molar-refractivity contribution in [3.8, 4) is 27.5 Å². The number of aromatic hydroxyl groups is 1. The third-order valence-corrected chi connectivity index (χ3v) is 16.5. The molecule has 0 radical (unpaired) electrons. The molecule has 2 aliphatic carbocycles. The number of amides is 7. The Morgan fingerprint density at radius 2 is 1.52 bits per heavy atom. The summed E-state index contributed by atoms with van der Waals surface area (Å²) in [4.78, 5) is 101. The molecule has 1 saturated carbocycles. The highest BCUT2D eigenvalue weighted by Gasteiger charge is 2.53. The summed E-state index contributed by atoms with van der Waals surface area (Å²) in [6, 6.07) is 15.7. The second-order valence-corrected chi connectivity index (χ2v) is 24.1. The van der Waals surface area contributed by atoms with Crippen LogP contribution in [-0.2, 0) is 25.6 Å². The minimum Gasteiger partial charge on any atom is -0.507 e. The normalized spacial score (nSPS) is 17.8. The van der Waals surface area contributed by atoms with Crippen LogP contribution in [0.3, 0.4) is 0 Å². The lowest BCUT2D eigenvalue weighted by Crippen LogP contribution is -2.59. The number of carbonyl (C=O) groups is 7. The van der Waals surface area contributed by atoms with Crippen molar-refractivity contribution in [3.05, 3.63) is 111 Å². The molecule has 5 aromatic rings. The molecular weight excluding hydrogens is 1070 g/mol. The van der Waals surface area contributed by atoms with Crippen LogP contribution in [0.15, 0.2) is 76.8 Å². The Bertz CT molecular complexity index is 3130. The van der Waals surface area contributed by atoms with Gasteiger partial charge in [-0.2, -0.15) is 0 Å². The summed E-state index contributed by atoms with van der Waals surface area (Å²) in [5, 5.41) is 39.8. The van der Waals surface area contributed by atoms with Gasteiger partial charge in [-0.05, 0) is 97.4 Å². The number of phenolic OH excluding ortho intramolecular Hbond substituents is 1. The minimum absolute atomic E-state index is 0.0481. The first kappa shape index (κ1) is 60.6. The van der Waals surface area contributed by atoms with Gasteiger partial charge in [0, 0.05) is 57.3 Å². The summed E-state index contributed by atoms with van der Waals surface area (Å²) in [5.41, 5.74) is 4.52. The van der Waals surface area contributed by atoms with E-state index in [0.29, 0.717) is 36.2 Å². The van der Waals surface area contributed by atoms with Gasteiger partial charge in [0.2, 0.25) is 17.7 Å². The quantitative estimate of drug-likeness (QED) is 0.0276. The summed E-state index contributed by atoms with van der Waals surface area (Å²) in [6.45, 7) is 7.99. The van der Waals surface area contributed by atoms with E-state index in [9.17, 15) is 48.2 Å². The van der Waals surface area contributed by atoms with E-state index < -0.39 is 58.9 Å². The number of aromatic nitrogens is 2. The largest absolute Gasteiger partial charge is 0.507 e. The maximum atomic E-state index is 14.8. The van der Waals surface area contributed by atoms with Crippen molar-refractivity contribution in [1.29, 1.82) is 0 Å². The number of nitrogens with zero attached hydrogens (tertiary/aromatic N) is 4. The first-order chi connectivity index (χ1) is 39.1. The monoisotopic (exact) mass is 1150 g/mol. The lowest BCUT2D eigenvalue weighted by Gasteiger charge is -2.36. The number of aliphatic hydroxyl groups is 1. The fourth-order valence-electron chi connectivity index (χ4n) is 10.5. The van der Waals surface area contributed by atoms with E-state index in [-0.39, 0.29) is 78.8 Å². The van der Waals surface area contributed by atoms with E-state index in [1.165, 1.54) is 39.3 Å². The van der Waals surface area contributed by atoms with Gasteiger partial charge in [-0.15, -0.1) is 11.3 Å². The van der Waals surface area contributed by atoms with Crippen molar-refractivity contribution in [2.75, 3.05) is 33.7 Å². The molecule has 5 atom stereocenters. The predicted octanol–water partition coefficient (Wildman–Crippen LogP) is 7.81. The molecule has 3 heterocycles. The third kappa shape index (κ3) is 15.1. The molecule has 3 aliphatic rings. The Labute approximate surface area is 481 Å². The topological polar surface area (TPSA) is 266 Å². The molecule has 0 bridgehead atoms. The van der Waals surface area contributed by atoms with Crippen LogP contribution in [0.25, 0.3) is 21.8 Å². The zero-order valence-electron chi connectivity index (χ0n) is 47.6. The van der Waals surface area contributed by atoms with Crippen molar-refractivity contribution < 1.29 is 52.7 Å². The number of hydrogen-bond donors (Lipinski definition) is 7. The zero-order valence-corrected chi connectivity index (χ0v) is 48.4. The molecule has 7 N–H and O–H groups in total. The van der Waals surface area contributed by atoms with Crippen LogP contribution in [0.4, 0.5) is 4.39 Å². The number of aryl methyl sites for hydroxylation is 2. The second-order valence-electron chi connectivity index (χ2n) is 23.2. The van der Waals surface area contributed by atoms with Gasteiger partial charge < -0.3 is 51.1 Å². The number of hydrogen-bond acceptors (Lipinski definition) is 13. The average Bonchev–Trinajstić information content (AvgIpc) is 4.09. The highest BCUT2D eigenvalue weighted by atomic mass is 32.1. The Morgan fingerprint density at radius 1 is 0.854 bits per heavy atom. The molecule has 7 amide bonds. The van der Waals surface area contributed by atoms with Crippen LogP contribution in [0.1, 0.15) is 170 Å². The van der Waals surface area contributed by atoms with E-state index >= 15 is 0 Å². The molecule has 19 nitrogen and oxygen atoms in total. The number of β-amino-alcohol motifs (C(OH)–C–C–N with tert-alkyl or cyclic N) is 1. The van der Waals surface area contributed by atoms with E-state index in [0.717, 1.165) is 85.0 Å². The Balaban J connectivity index is 0.740. The van der Waals surface area contributed by atoms with Gasteiger partial charge in [-0.3, -0.25) is 33.6 Å². The first-order valence-electron chi connectivity index (χ1n) is 28.4. The summed E-state index contributed by atoms with van der Waals surface area (Å²) < 4.78 is 20.2. The number of benzene rings is 3. The molecule has 2 unspecified atom stereocenters. The lowest BCUT2D eigenvalue weighted by atomic mass is 9.85. The van der Waals surface area contributed by atoms with Crippen LogP contribution in [0, 0.1) is 12.3 Å². The van der Waals surface area contributed by atoms with Crippen LogP contribution < -0.4 is 26.6 Å². The number of carbonyl (C=O) groups excluding carboxylic acids is 7. The van der Waals surface area contributed by atoms with Crippen LogP contribution >= 0.6 is 11.3 Å². The van der Waals surface area contributed by atoms with Crippen molar-refractivity contribution in [2.24, 2.45) is 5.41 Å². The summed E-state index contributed by atoms with van der Waals surface area (Å²) in [5.74, 6) is -3.21. The molecule has 21 heteroatoms. The number of nitrogens with one attached hydrogen (secondary N) is 5. The number of aliphatic hydroxyl groups excluding tert-OH is 1. The number of alkyl halides is 1. The van der Waals surface area contributed by atoms with Gasteiger partial charge in [0.1, 0.15) is 17.8 Å². The molecule has 1 aliphatic heterocycles. The number of thiazole rings is 1. The highest BCUT2D eigenvalue weighted by molar-refractivity contribution is 7.13. The average molecular weight is 1150 g/mol. The van der Waals surface area contributed by atoms with Crippen molar-refractivity contribution in [2.45, 2.75) is 154 Å². The van der Waals surface area contributed by atoms with Crippen molar-refractivity contribution in [1.82, 2.24) is 46.5 Å². The number of phenols is 1. The molecule has 0 spiro atoms. The molecule has 2 fully saturated rings. The Morgan fingerprint density at radius 3 is 2.16 bits per heavy atom. The summed E-state index contributed by atoms with van der Waals surface area (Å²) in [6.07, 6.45) is 7.98. The van der Waals surface area contributed by atoms with Gasteiger partial charge in [0.15, 0.2) is 17.1 Å². The Hall–Kier alpha value is -7.52. The number of fused-ring (bicyclic) bond motifs is 1. The molecule has 3 aromatic carbocycles. The lowest BCUT2D eigenvalue weighted by molar-refractivity contribution is -0.145. The number of unbranched alkanes of at least 4 members (excludes halogenated alkanes) is 7. The number of rotatable bonds is 25. The van der Waals surface area contributed by atoms with Crippen LogP contribution in [0.2, 0.25) is 0 Å². The van der Waals surface area contributed by atoms with Crippen molar-refractivity contribution >= 4 is 52.7 Å². The molecule has 2 aromatic heterocycles. The van der Waals surface area contributed by atoms with Crippen LogP contribution in [-0.4, -0.2) is 129 Å². The molecular formula is C61H76FN9O10S. The smallest absolute Gasteiger partial charge is 0.273 e. The van der Waals surface area contributed by atoms with Gasteiger partial charge in [-0.25, -0.2) is 9.37 Å². The van der Waals surface area contributed by atoms with Gasteiger partial charge in [-0.1, -0.05) is 101 Å². The van der Waals surface area contributed by atoms with Gasteiger partial charge in [0.25, 0.3) is 23.6 Å². The van der Waals surface area contributed by atoms with E-state index in [2.05, 4.69) is 36.7 Å². The SMILES string of the molecule is Cc1ncsc1-c1ccc(C(CC(=O)NCCCCCCCCCCNC(=O)c2ccc3c(c2)[C@H](NC(=O)c2cc(-c4ccc(C(=O)N(C)C)c(O)c4)on2)CC3)NC(=O)[C@@H]2C[C@@H](O)CN2C(=O)C(NC(=O)C2(F)CC2)C(C)(C)C)cc1. The Kier molecular flexibility index (Phi) is 19.6. The van der Waals surface area contributed by atoms with Gasteiger partial charge >= 0.3 is 0 Å². The minimum atomic E-state index is -2.01. The molecule has 438 valence electrons. The zero-order chi connectivity index (χ0) is 58.9. The fourth-order valence-corrected chi connectivity index (χ4v) is 11.3. The van der Waals surface area contributed by atoms with Gasteiger partial charge in [0.05, 0.1) is 46.3 Å². The van der Waals surface area contributed by atoms with Crippen LogP contribution in [0.5, 0.6) is 5.75 Å². The molecule has 8 rings (SSSR count). The number of likely N-dealkylation sites (tertiary alicyclic amines) is 1.